The van der Waals surface area contributed by atoms with Crippen LogP contribution in [0.2, 0.25) is 0 Å². The maximum Gasteiger partial charge on any atom is 0.255 e. The highest BCUT2D eigenvalue weighted by Crippen LogP contribution is 2.17. The number of amides is 2. The second-order valence-electron chi connectivity index (χ2n) is 7.12. The van der Waals surface area contributed by atoms with Crippen LogP contribution in [-0.4, -0.2) is 52.4 Å². The molecule has 0 aliphatic carbocycles. The molecule has 0 N–H and O–H groups in total. The fourth-order valence-corrected chi connectivity index (χ4v) is 3.48. The minimum absolute atomic E-state index is 0.0669. The SMILES string of the molecule is Cc1ccccc1CC(=O)N1CCN(C(=O)c2cc(C)n(C)c2C)CC1. The second-order valence-corrected chi connectivity index (χ2v) is 7.12. The fourth-order valence-electron chi connectivity index (χ4n) is 3.48. The molecule has 2 amide bonds. The molecule has 2 heterocycles. The van der Waals surface area contributed by atoms with Gasteiger partial charge in [0.2, 0.25) is 5.91 Å². The number of hydrogen-bond acceptors (Lipinski definition) is 2. The Balaban J connectivity index is 1.60. The fraction of sp³-hybridized carbons (Fsp3) is 0.429. The van der Waals surface area contributed by atoms with E-state index in [2.05, 4.69) is 0 Å². The third kappa shape index (κ3) is 3.52. The number of piperazine rings is 1. The van der Waals surface area contributed by atoms with Gasteiger partial charge in [0.05, 0.1) is 12.0 Å². The highest BCUT2D eigenvalue weighted by atomic mass is 16.2. The average Bonchev–Trinajstić information content (AvgIpc) is 2.90. The van der Waals surface area contributed by atoms with Crippen molar-refractivity contribution in [1.29, 1.82) is 0 Å². The summed E-state index contributed by atoms with van der Waals surface area (Å²) < 4.78 is 2.04. The van der Waals surface area contributed by atoms with Gasteiger partial charge in [-0.05, 0) is 38.0 Å². The Morgan fingerprint density at radius 2 is 1.58 bits per heavy atom. The van der Waals surface area contributed by atoms with Gasteiger partial charge in [-0.15, -0.1) is 0 Å². The van der Waals surface area contributed by atoms with E-state index < -0.39 is 0 Å². The third-order valence-corrected chi connectivity index (χ3v) is 5.53. The summed E-state index contributed by atoms with van der Waals surface area (Å²) in [5.41, 5.74) is 5.06. The van der Waals surface area contributed by atoms with E-state index in [1.807, 2.05) is 72.5 Å². The molecule has 1 aromatic heterocycles. The lowest BCUT2D eigenvalue weighted by molar-refractivity contribution is -0.131. The van der Waals surface area contributed by atoms with Crippen LogP contribution in [0.15, 0.2) is 30.3 Å². The van der Waals surface area contributed by atoms with E-state index in [1.54, 1.807) is 0 Å². The van der Waals surface area contributed by atoms with E-state index >= 15 is 0 Å². The molecule has 0 atom stereocenters. The van der Waals surface area contributed by atoms with Gasteiger partial charge in [0, 0.05) is 44.6 Å². The first kappa shape index (κ1) is 18.2. The highest BCUT2D eigenvalue weighted by Gasteiger charge is 2.26. The second kappa shape index (κ2) is 7.36. The van der Waals surface area contributed by atoms with Crippen molar-refractivity contribution in [1.82, 2.24) is 14.4 Å². The molecule has 5 nitrogen and oxygen atoms in total. The number of benzene rings is 1. The van der Waals surface area contributed by atoms with Crippen LogP contribution in [0.1, 0.15) is 32.9 Å². The first-order valence-electron chi connectivity index (χ1n) is 9.13. The molecule has 26 heavy (non-hydrogen) atoms. The van der Waals surface area contributed by atoms with Crippen LogP contribution in [0.3, 0.4) is 0 Å². The van der Waals surface area contributed by atoms with Crippen LogP contribution in [0, 0.1) is 20.8 Å². The molecule has 0 spiro atoms. The largest absolute Gasteiger partial charge is 0.351 e. The molecule has 0 saturated carbocycles. The lowest BCUT2D eigenvalue weighted by Gasteiger charge is -2.35. The Morgan fingerprint density at radius 1 is 0.962 bits per heavy atom. The number of rotatable bonds is 3. The molecule has 1 saturated heterocycles. The van der Waals surface area contributed by atoms with Crippen LogP contribution in [0.4, 0.5) is 0 Å². The van der Waals surface area contributed by atoms with Gasteiger partial charge in [0.1, 0.15) is 0 Å². The molecular weight excluding hydrogens is 326 g/mol. The number of nitrogens with zero attached hydrogens (tertiary/aromatic N) is 3. The van der Waals surface area contributed by atoms with Crippen LogP contribution in [0.25, 0.3) is 0 Å². The minimum atomic E-state index is 0.0669. The zero-order valence-corrected chi connectivity index (χ0v) is 16.1. The van der Waals surface area contributed by atoms with Gasteiger partial charge in [-0.25, -0.2) is 0 Å². The summed E-state index contributed by atoms with van der Waals surface area (Å²) in [4.78, 5) is 29.1. The zero-order chi connectivity index (χ0) is 18.8. The standard InChI is InChI=1S/C21H27N3O2/c1-15-7-5-6-8-18(15)14-20(25)23-9-11-24(12-10-23)21(26)19-13-16(2)22(4)17(19)3/h5-8,13H,9-12,14H2,1-4H3. The van der Waals surface area contributed by atoms with Crippen molar-refractivity contribution in [2.75, 3.05) is 26.2 Å². The molecule has 1 aliphatic rings. The Hall–Kier alpha value is -2.56. The lowest BCUT2D eigenvalue weighted by atomic mass is 10.1. The molecular formula is C21H27N3O2. The maximum absolute atomic E-state index is 12.8. The van der Waals surface area contributed by atoms with E-state index in [-0.39, 0.29) is 11.8 Å². The van der Waals surface area contributed by atoms with Crippen LogP contribution < -0.4 is 0 Å². The van der Waals surface area contributed by atoms with E-state index in [4.69, 9.17) is 0 Å². The summed E-state index contributed by atoms with van der Waals surface area (Å²) in [5, 5.41) is 0. The van der Waals surface area contributed by atoms with Gasteiger partial charge < -0.3 is 14.4 Å². The van der Waals surface area contributed by atoms with Gasteiger partial charge in [0.15, 0.2) is 0 Å². The Labute approximate surface area is 155 Å². The highest BCUT2D eigenvalue weighted by molar-refractivity contribution is 5.96. The first-order valence-corrected chi connectivity index (χ1v) is 9.13. The maximum atomic E-state index is 12.8. The molecule has 3 rings (SSSR count). The van der Waals surface area contributed by atoms with Gasteiger partial charge in [0.25, 0.3) is 5.91 Å². The number of hydrogen-bond donors (Lipinski definition) is 0. The van der Waals surface area contributed by atoms with Crippen molar-refractivity contribution in [2.45, 2.75) is 27.2 Å². The number of carbonyl (C=O) groups is 2. The van der Waals surface area contributed by atoms with Gasteiger partial charge in [-0.1, -0.05) is 24.3 Å². The number of aryl methyl sites for hydroxylation is 2. The molecule has 138 valence electrons. The molecule has 2 aromatic rings. The minimum Gasteiger partial charge on any atom is -0.351 e. The smallest absolute Gasteiger partial charge is 0.255 e. The van der Waals surface area contributed by atoms with Crippen LogP contribution in [-0.2, 0) is 18.3 Å². The molecule has 0 bridgehead atoms. The summed E-state index contributed by atoms with van der Waals surface area (Å²) in [7, 11) is 1.98. The molecule has 5 heteroatoms. The van der Waals surface area contributed by atoms with E-state index in [9.17, 15) is 9.59 Å². The quantitative estimate of drug-likeness (QED) is 0.851. The summed E-state index contributed by atoms with van der Waals surface area (Å²) >= 11 is 0. The average molecular weight is 353 g/mol. The van der Waals surface area contributed by atoms with Gasteiger partial charge in [-0.2, -0.15) is 0 Å². The van der Waals surface area contributed by atoms with Crippen LogP contribution in [0.5, 0.6) is 0 Å². The summed E-state index contributed by atoms with van der Waals surface area (Å²) in [6.07, 6.45) is 0.428. The molecule has 1 fully saturated rings. The lowest BCUT2D eigenvalue weighted by Crippen LogP contribution is -2.51. The Bertz CT molecular complexity index is 830. The molecule has 0 radical (unpaired) electrons. The topological polar surface area (TPSA) is 45.6 Å². The third-order valence-electron chi connectivity index (χ3n) is 5.53. The summed E-state index contributed by atoms with van der Waals surface area (Å²) in [6, 6.07) is 9.95. The van der Waals surface area contributed by atoms with E-state index in [1.165, 1.54) is 0 Å². The monoisotopic (exact) mass is 353 g/mol. The van der Waals surface area contributed by atoms with Crippen LogP contribution >= 0.6 is 0 Å². The summed E-state index contributed by atoms with van der Waals surface area (Å²) in [5.74, 6) is 0.204. The number of aromatic nitrogens is 1. The van der Waals surface area contributed by atoms with Gasteiger partial charge in [-0.3, -0.25) is 9.59 Å². The normalized spacial score (nSPS) is 14.6. The first-order chi connectivity index (χ1) is 12.4. The molecule has 1 aromatic carbocycles. The van der Waals surface area contributed by atoms with Crippen molar-refractivity contribution in [3.63, 3.8) is 0 Å². The van der Waals surface area contributed by atoms with E-state index in [0.29, 0.717) is 32.6 Å². The number of carbonyl (C=O) groups excluding carboxylic acids is 2. The predicted octanol–water partition coefficient (Wildman–Crippen LogP) is 2.48. The molecule has 1 aliphatic heterocycles. The zero-order valence-electron chi connectivity index (χ0n) is 16.1. The van der Waals surface area contributed by atoms with Crippen molar-refractivity contribution < 1.29 is 9.59 Å². The van der Waals surface area contributed by atoms with Crippen molar-refractivity contribution in [2.24, 2.45) is 7.05 Å². The van der Waals surface area contributed by atoms with Crippen molar-refractivity contribution >= 4 is 11.8 Å². The summed E-state index contributed by atoms with van der Waals surface area (Å²) in [6.45, 7) is 8.39. The Kier molecular flexibility index (Phi) is 5.16. The molecule has 0 unspecified atom stereocenters. The van der Waals surface area contributed by atoms with Gasteiger partial charge >= 0.3 is 0 Å². The van der Waals surface area contributed by atoms with Crippen molar-refractivity contribution in [3.8, 4) is 0 Å². The predicted molar refractivity (Wildman–Crippen MR) is 102 cm³/mol. The van der Waals surface area contributed by atoms with Crippen molar-refractivity contribution in [3.05, 3.63) is 58.4 Å². The Morgan fingerprint density at radius 3 is 2.15 bits per heavy atom. The van der Waals surface area contributed by atoms with E-state index in [0.717, 1.165) is 28.1 Å².